The Balaban J connectivity index is 2.56. The zero-order valence-electron chi connectivity index (χ0n) is 20.6. The van der Waals surface area contributed by atoms with Crippen molar-refractivity contribution in [3.63, 3.8) is 0 Å². The Morgan fingerprint density at radius 1 is 0.244 bits per heavy atom. The van der Waals surface area contributed by atoms with Crippen LogP contribution in [0.1, 0.15) is 0 Å². The van der Waals surface area contributed by atoms with Gasteiger partial charge in [0.1, 0.15) is 53.4 Å². The summed E-state index contributed by atoms with van der Waals surface area (Å²) in [5.74, 6) is -57.3. The lowest BCUT2D eigenvalue weighted by Gasteiger charge is -2.54. The molecule has 0 amide bonds. The van der Waals surface area contributed by atoms with Crippen LogP contribution in [0, 0.1) is 87.3 Å². The lowest BCUT2D eigenvalue weighted by molar-refractivity contribution is -0.0513. The van der Waals surface area contributed by atoms with Crippen LogP contribution in [0.5, 0.6) is 0 Å². The molecule has 4 unspecified atom stereocenters. The van der Waals surface area contributed by atoms with E-state index in [9.17, 15) is 52.7 Å². The SMILES string of the molecule is Fc1c(F)c(F)c([B-](c2c(F)c(F)c(F)c(F)c2F)(c2c(F)c(F)c(F)c(F)c2F)C2C(F)C(F)C(F)C(F)C2F)c(F)c1F. The van der Waals surface area contributed by atoms with Crippen molar-refractivity contribution in [2.75, 3.05) is 0 Å². The van der Waals surface area contributed by atoms with Crippen molar-refractivity contribution >= 4 is 22.5 Å². The summed E-state index contributed by atoms with van der Waals surface area (Å²) in [6, 6.07) is 0. The molecule has 45 heavy (non-hydrogen) atoms. The molecule has 21 heteroatoms. The van der Waals surface area contributed by atoms with E-state index in [-0.39, 0.29) is 0 Å². The number of hydrogen-bond donors (Lipinski definition) is 0. The Kier molecular flexibility index (Phi) is 8.58. The first-order chi connectivity index (χ1) is 20.7. The van der Waals surface area contributed by atoms with Crippen LogP contribution in [-0.4, -0.2) is 37.0 Å². The maximum Gasteiger partial charge on any atom is 0.200 e. The van der Waals surface area contributed by atoms with Crippen LogP contribution in [0.25, 0.3) is 0 Å². The highest BCUT2D eigenvalue weighted by molar-refractivity contribution is 7.13. The third-order valence-corrected chi connectivity index (χ3v) is 7.63. The molecular weight excluding hydrogens is 679 g/mol. The normalized spacial score (nSPS) is 24.0. The fraction of sp³-hybridized carbons (Fsp3) is 0.250. The molecule has 3 aromatic carbocycles. The third-order valence-electron chi connectivity index (χ3n) is 7.63. The van der Waals surface area contributed by atoms with Crippen molar-refractivity contribution in [1.82, 2.24) is 0 Å². The van der Waals surface area contributed by atoms with Crippen LogP contribution >= 0.6 is 0 Å². The maximum absolute atomic E-state index is 15.6. The van der Waals surface area contributed by atoms with Crippen LogP contribution in [0.2, 0.25) is 5.82 Å². The number of benzene rings is 3. The van der Waals surface area contributed by atoms with Gasteiger partial charge >= 0.3 is 0 Å². The molecule has 0 aliphatic heterocycles. The minimum Gasteiger partial charge on any atom is -0.247 e. The van der Waals surface area contributed by atoms with Gasteiger partial charge in [0.15, 0.2) is 70.9 Å². The quantitative estimate of drug-likeness (QED) is 0.131. The third kappa shape index (κ3) is 4.38. The Morgan fingerprint density at radius 3 is 0.600 bits per heavy atom. The first kappa shape index (κ1) is 34.2. The van der Waals surface area contributed by atoms with Gasteiger partial charge in [-0.3, -0.25) is 0 Å². The van der Waals surface area contributed by atoms with Gasteiger partial charge in [0.2, 0.25) is 0 Å². The van der Waals surface area contributed by atoms with Gasteiger partial charge in [0, 0.05) is 0 Å². The molecule has 0 heterocycles. The molecule has 0 N–H and O–H groups in total. The van der Waals surface area contributed by atoms with Crippen LogP contribution in [0.4, 0.5) is 87.8 Å². The summed E-state index contributed by atoms with van der Waals surface area (Å²) in [6.45, 7) is 0. The predicted molar refractivity (Wildman–Crippen MR) is 112 cm³/mol. The second kappa shape index (κ2) is 11.3. The molecular formula is C24H6BF20-. The molecule has 0 nitrogen and oxygen atoms in total. The Labute approximate surface area is 235 Å². The highest BCUT2D eigenvalue weighted by Crippen LogP contribution is 2.47. The molecule has 0 spiro atoms. The average molecular weight is 685 g/mol. The van der Waals surface area contributed by atoms with Crippen molar-refractivity contribution < 1.29 is 87.8 Å². The molecule has 1 aliphatic carbocycles. The molecule has 4 rings (SSSR count). The number of hydrogen-bond acceptors (Lipinski definition) is 0. The van der Waals surface area contributed by atoms with Gasteiger partial charge in [-0.1, -0.05) is 5.82 Å². The number of alkyl halides is 5. The predicted octanol–water partition coefficient (Wildman–Crippen LogP) is 6.32. The Hall–Kier alpha value is -3.68. The van der Waals surface area contributed by atoms with Gasteiger partial charge < -0.3 is 0 Å². The smallest absolute Gasteiger partial charge is 0.200 e. The van der Waals surface area contributed by atoms with E-state index in [1.165, 1.54) is 0 Å². The van der Waals surface area contributed by atoms with Gasteiger partial charge in [0.25, 0.3) is 0 Å². The molecule has 3 aromatic rings. The van der Waals surface area contributed by atoms with Crippen LogP contribution in [0.15, 0.2) is 0 Å². The summed E-state index contributed by atoms with van der Waals surface area (Å²) >= 11 is 0. The van der Waals surface area contributed by atoms with E-state index in [4.69, 9.17) is 0 Å². The van der Waals surface area contributed by atoms with E-state index in [0.717, 1.165) is 0 Å². The second-order valence-electron chi connectivity index (χ2n) is 9.68. The number of halogens is 20. The van der Waals surface area contributed by atoms with E-state index in [2.05, 4.69) is 0 Å². The van der Waals surface area contributed by atoms with Crippen molar-refractivity contribution in [1.29, 1.82) is 0 Å². The molecule has 0 aromatic heterocycles. The van der Waals surface area contributed by atoms with E-state index >= 15 is 35.1 Å². The lowest BCUT2D eigenvalue weighted by atomic mass is 9.08. The largest absolute Gasteiger partial charge is 0.247 e. The molecule has 246 valence electrons. The second-order valence-corrected chi connectivity index (χ2v) is 9.68. The van der Waals surface area contributed by atoms with Crippen molar-refractivity contribution in [2.45, 2.75) is 36.7 Å². The summed E-state index contributed by atoms with van der Waals surface area (Å²) < 4.78 is 296. The first-order valence-electron chi connectivity index (χ1n) is 11.6. The number of rotatable bonds is 4. The van der Waals surface area contributed by atoms with E-state index < -0.39 is 146 Å². The monoisotopic (exact) mass is 685 g/mol. The molecule has 1 aliphatic rings. The van der Waals surface area contributed by atoms with E-state index in [1.807, 2.05) is 0 Å². The topological polar surface area (TPSA) is 0 Å². The molecule has 1 saturated carbocycles. The van der Waals surface area contributed by atoms with Crippen LogP contribution in [0.3, 0.4) is 0 Å². The van der Waals surface area contributed by atoms with Crippen molar-refractivity contribution in [3.8, 4) is 0 Å². The zero-order chi connectivity index (χ0) is 34.4. The molecule has 1 fully saturated rings. The van der Waals surface area contributed by atoms with Gasteiger partial charge in [-0.05, 0) is 0 Å². The van der Waals surface area contributed by atoms with Gasteiger partial charge in [0.05, 0.1) is 0 Å². The summed E-state index contributed by atoms with van der Waals surface area (Å²) in [4.78, 5) is 0. The summed E-state index contributed by atoms with van der Waals surface area (Å²) in [5, 5.41) is 0. The van der Waals surface area contributed by atoms with Crippen LogP contribution < -0.4 is 16.4 Å². The fourth-order valence-electron chi connectivity index (χ4n) is 5.75. The first-order valence-corrected chi connectivity index (χ1v) is 11.6. The maximum atomic E-state index is 15.6. The van der Waals surface area contributed by atoms with E-state index in [0.29, 0.717) is 0 Å². The van der Waals surface area contributed by atoms with E-state index in [1.54, 1.807) is 0 Å². The highest BCUT2D eigenvalue weighted by atomic mass is 19.2. The highest BCUT2D eigenvalue weighted by Gasteiger charge is 2.62. The molecule has 0 bridgehead atoms. The minimum atomic E-state index is -7.00. The standard InChI is InChI=1S/C24H6BF20/c26-5-1(6(27)14(35)21(42)13(5)34)25(2-7(28)15(36)22(43)16(37)8(2)29,3-9(30)17(38)23(44)18(39)10(3)31)4-11(32)19(40)24(45)20(41)12(4)33/h1,5-6,13-14,21H/q-1. The summed E-state index contributed by atoms with van der Waals surface area (Å²) in [6.07, 6.45) is -28.9. The Morgan fingerprint density at radius 2 is 0.400 bits per heavy atom. The molecule has 4 atom stereocenters. The molecule has 0 radical (unpaired) electrons. The summed E-state index contributed by atoms with van der Waals surface area (Å²) in [7, 11) is 0. The fourth-order valence-corrected chi connectivity index (χ4v) is 5.75. The van der Waals surface area contributed by atoms with Gasteiger partial charge in [-0.25, -0.2) is 87.8 Å². The van der Waals surface area contributed by atoms with Gasteiger partial charge in [-0.2, -0.15) is 0 Å². The van der Waals surface area contributed by atoms with Gasteiger partial charge in [-0.15, -0.1) is 16.4 Å². The zero-order valence-corrected chi connectivity index (χ0v) is 20.6. The summed E-state index contributed by atoms with van der Waals surface area (Å²) in [5.41, 5.74) is -10.4. The van der Waals surface area contributed by atoms with Crippen LogP contribution in [-0.2, 0) is 0 Å². The lowest BCUT2D eigenvalue weighted by Crippen LogP contribution is -2.80. The minimum absolute atomic E-state index is 3.30. The van der Waals surface area contributed by atoms with Crippen molar-refractivity contribution in [3.05, 3.63) is 87.3 Å². The Bertz CT molecular complexity index is 1450. The average Bonchev–Trinajstić information content (AvgIpc) is 3.00. The molecule has 0 saturated heterocycles. The van der Waals surface area contributed by atoms with Crippen molar-refractivity contribution in [2.24, 2.45) is 0 Å².